The molecule has 0 amide bonds. The summed E-state index contributed by atoms with van der Waals surface area (Å²) in [5.74, 6) is 0.649. The molecule has 0 N–H and O–H groups in total. The van der Waals surface area contributed by atoms with Crippen molar-refractivity contribution in [1.29, 1.82) is 0 Å². The molecule has 1 aromatic heterocycles. The molecule has 1 aromatic carbocycles. The molecule has 0 spiro atoms. The van der Waals surface area contributed by atoms with Crippen molar-refractivity contribution in [2.45, 2.75) is 38.1 Å². The van der Waals surface area contributed by atoms with Crippen molar-refractivity contribution in [3.05, 3.63) is 52.3 Å². The summed E-state index contributed by atoms with van der Waals surface area (Å²) < 4.78 is 0. The average molecular weight is 397 g/mol. The lowest BCUT2D eigenvalue weighted by Gasteiger charge is -2.41. The fourth-order valence-electron chi connectivity index (χ4n) is 5.42. The van der Waals surface area contributed by atoms with E-state index in [2.05, 4.69) is 44.9 Å². The Balaban J connectivity index is 1.27. The first kappa shape index (κ1) is 18.3. The number of likely N-dealkylation sites (N-methyl/N-ethyl adjacent to an activating group) is 1. The van der Waals surface area contributed by atoms with E-state index < -0.39 is 0 Å². The fraction of sp³-hybridized carbons (Fsp3) is 0.522. The molecule has 5 heteroatoms. The summed E-state index contributed by atoms with van der Waals surface area (Å²) in [6, 6.07) is 11.6. The molecule has 0 radical (unpaired) electrons. The van der Waals surface area contributed by atoms with Crippen molar-refractivity contribution in [3.8, 4) is 0 Å². The predicted molar refractivity (Wildman–Crippen MR) is 117 cm³/mol. The van der Waals surface area contributed by atoms with Crippen LogP contribution in [0.5, 0.6) is 0 Å². The van der Waals surface area contributed by atoms with Crippen LogP contribution in [0.3, 0.4) is 0 Å². The highest BCUT2D eigenvalue weighted by Gasteiger charge is 2.44. The van der Waals surface area contributed by atoms with E-state index in [0.717, 1.165) is 42.3 Å². The van der Waals surface area contributed by atoms with Crippen LogP contribution in [0.2, 0.25) is 5.02 Å². The Bertz CT molecular complexity index is 883. The highest BCUT2D eigenvalue weighted by atomic mass is 35.5. The summed E-state index contributed by atoms with van der Waals surface area (Å²) in [4.78, 5) is 12.4. The van der Waals surface area contributed by atoms with Gasteiger partial charge in [0.2, 0.25) is 0 Å². The van der Waals surface area contributed by atoms with Gasteiger partial charge in [0, 0.05) is 50.9 Å². The zero-order chi connectivity index (χ0) is 19.3. The number of benzene rings is 1. The number of para-hydroxylation sites is 1. The van der Waals surface area contributed by atoms with Crippen LogP contribution in [0, 0.1) is 6.92 Å². The zero-order valence-electron chi connectivity index (χ0n) is 16.9. The van der Waals surface area contributed by atoms with Crippen LogP contribution >= 0.6 is 11.6 Å². The molecule has 1 saturated heterocycles. The Morgan fingerprint density at radius 2 is 2.04 bits per heavy atom. The number of piperidine rings is 1. The van der Waals surface area contributed by atoms with Gasteiger partial charge in [-0.05, 0) is 56.5 Å². The second kappa shape index (κ2) is 7.23. The molecule has 0 saturated carbocycles. The minimum atomic E-state index is 0.649. The maximum Gasteiger partial charge on any atom is 0.0644 e. The molecule has 0 aliphatic carbocycles. The number of halogens is 1. The first-order chi connectivity index (χ1) is 13.6. The summed E-state index contributed by atoms with van der Waals surface area (Å²) in [6.07, 6.45) is 3.35. The molecular weight excluding hydrogens is 368 g/mol. The normalized spacial score (nSPS) is 23.7. The van der Waals surface area contributed by atoms with Crippen LogP contribution in [-0.4, -0.2) is 55.7 Å². The number of anilines is 2. The number of nitrogens with zero attached hydrogens (tertiary/aromatic N) is 4. The summed E-state index contributed by atoms with van der Waals surface area (Å²) in [5, 5.41) is 0.805. The Labute approximate surface area is 173 Å². The number of aryl methyl sites for hydroxylation is 2. The number of hydrogen-bond acceptors (Lipinski definition) is 4. The Hall–Kier alpha value is -1.78. The van der Waals surface area contributed by atoms with E-state index in [1.807, 2.05) is 19.1 Å². The zero-order valence-corrected chi connectivity index (χ0v) is 17.6. The second-order valence-corrected chi connectivity index (χ2v) is 8.98. The minimum Gasteiger partial charge on any atom is -0.371 e. The topological polar surface area (TPSA) is 22.6 Å². The van der Waals surface area contributed by atoms with E-state index in [-0.39, 0.29) is 0 Å². The van der Waals surface area contributed by atoms with Crippen LogP contribution in [0.4, 0.5) is 11.4 Å². The lowest BCUT2D eigenvalue weighted by atomic mass is 9.89. The van der Waals surface area contributed by atoms with Crippen molar-refractivity contribution in [2.24, 2.45) is 0 Å². The first-order valence-corrected chi connectivity index (χ1v) is 10.9. The van der Waals surface area contributed by atoms with Gasteiger partial charge in [-0.25, -0.2) is 0 Å². The van der Waals surface area contributed by atoms with Crippen molar-refractivity contribution in [1.82, 2.24) is 9.88 Å². The van der Waals surface area contributed by atoms with Gasteiger partial charge in [0.1, 0.15) is 0 Å². The third-order valence-corrected chi connectivity index (χ3v) is 7.17. The monoisotopic (exact) mass is 396 g/mol. The number of aromatic nitrogens is 1. The molecule has 0 bridgehead atoms. The molecule has 0 unspecified atom stereocenters. The maximum atomic E-state index is 6.33. The number of pyridine rings is 1. The van der Waals surface area contributed by atoms with Crippen molar-refractivity contribution in [3.63, 3.8) is 0 Å². The maximum absolute atomic E-state index is 6.33. The van der Waals surface area contributed by atoms with Crippen LogP contribution in [0.1, 0.15) is 35.7 Å². The van der Waals surface area contributed by atoms with Gasteiger partial charge in [0.25, 0.3) is 0 Å². The largest absolute Gasteiger partial charge is 0.371 e. The van der Waals surface area contributed by atoms with Crippen molar-refractivity contribution >= 4 is 23.0 Å². The van der Waals surface area contributed by atoms with Crippen molar-refractivity contribution in [2.75, 3.05) is 49.6 Å². The molecule has 3 aliphatic heterocycles. The van der Waals surface area contributed by atoms with Gasteiger partial charge in [-0.2, -0.15) is 0 Å². The van der Waals surface area contributed by atoms with E-state index >= 15 is 0 Å². The molecule has 148 valence electrons. The number of hydrogen-bond donors (Lipinski definition) is 0. The number of likely N-dealkylation sites (tertiary alicyclic amines) is 1. The van der Waals surface area contributed by atoms with Gasteiger partial charge in [0.05, 0.1) is 22.1 Å². The van der Waals surface area contributed by atoms with Crippen LogP contribution in [0.25, 0.3) is 0 Å². The summed E-state index contributed by atoms with van der Waals surface area (Å²) in [7, 11) is 2.23. The average Bonchev–Trinajstić information content (AvgIpc) is 3.02. The van der Waals surface area contributed by atoms with E-state index in [1.165, 1.54) is 37.4 Å². The lowest BCUT2D eigenvalue weighted by molar-refractivity contribution is 0.191. The third kappa shape index (κ3) is 3.07. The molecule has 2 atom stereocenters. The predicted octanol–water partition coefficient (Wildman–Crippen LogP) is 4.10. The molecule has 5 rings (SSSR count). The number of fused-ring (bicyclic) bond motifs is 3. The van der Waals surface area contributed by atoms with E-state index in [0.29, 0.717) is 12.0 Å². The van der Waals surface area contributed by atoms with Crippen LogP contribution in [-0.2, 0) is 6.42 Å². The van der Waals surface area contributed by atoms with Gasteiger partial charge >= 0.3 is 0 Å². The molecule has 2 aromatic rings. The number of rotatable bonds is 4. The molecular formula is C23H29ClN4. The second-order valence-electron chi connectivity index (χ2n) is 8.58. The molecule has 1 fully saturated rings. The first-order valence-electron chi connectivity index (χ1n) is 10.6. The Kier molecular flexibility index (Phi) is 4.72. The van der Waals surface area contributed by atoms with Crippen molar-refractivity contribution < 1.29 is 0 Å². The standard InChI is InChI=1S/C23H29ClN4/c1-16-8-9-19(24)20(25-16)6-4-11-27-12-10-21-18(15-27)17-5-3-7-22-23(17)28(21)14-13-26(22)2/h3,5,7-9,18,21H,4,6,10-15H2,1-2H3/t18-,21-/m0/s1. The van der Waals surface area contributed by atoms with Gasteiger partial charge in [-0.1, -0.05) is 23.7 Å². The third-order valence-electron chi connectivity index (χ3n) is 6.83. The minimum absolute atomic E-state index is 0.649. The van der Waals surface area contributed by atoms with Crippen LogP contribution < -0.4 is 9.80 Å². The van der Waals surface area contributed by atoms with Gasteiger partial charge in [-0.15, -0.1) is 0 Å². The highest BCUT2D eigenvalue weighted by molar-refractivity contribution is 6.31. The van der Waals surface area contributed by atoms with Gasteiger partial charge in [-0.3, -0.25) is 4.98 Å². The van der Waals surface area contributed by atoms with Crippen LogP contribution in [0.15, 0.2) is 30.3 Å². The molecule has 28 heavy (non-hydrogen) atoms. The fourth-order valence-corrected chi connectivity index (χ4v) is 5.62. The van der Waals surface area contributed by atoms with E-state index in [4.69, 9.17) is 11.6 Å². The SMILES string of the molecule is Cc1ccc(Cl)c(CCCN2CC[C@H]3[C@@H](C2)c2cccc4c2N3CCN4C)n1. The smallest absolute Gasteiger partial charge is 0.0644 e. The summed E-state index contributed by atoms with van der Waals surface area (Å²) >= 11 is 6.33. The molecule has 4 nitrogen and oxygen atoms in total. The molecule has 3 aliphatic rings. The quantitative estimate of drug-likeness (QED) is 0.775. The Morgan fingerprint density at radius 1 is 1.14 bits per heavy atom. The van der Waals surface area contributed by atoms with Gasteiger partial charge < -0.3 is 14.7 Å². The highest BCUT2D eigenvalue weighted by Crippen LogP contribution is 2.50. The lowest BCUT2D eigenvalue weighted by Crippen LogP contribution is -2.49. The molecule has 4 heterocycles. The van der Waals surface area contributed by atoms with E-state index in [1.54, 1.807) is 5.56 Å². The van der Waals surface area contributed by atoms with Gasteiger partial charge in [0.15, 0.2) is 0 Å². The summed E-state index contributed by atoms with van der Waals surface area (Å²) in [6.45, 7) is 7.84. The Morgan fingerprint density at radius 3 is 2.93 bits per heavy atom. The summed E-state index contributed by atoms with van der Waals surface area (Å²) in [5.41, 5.74) is 6.61. The van der Waals surface area contributed by atoms with E-state index in [9.17, 15) is 0 Å².